The van der Waals surface area contributed by atoms with Gasteiger partial charge in [-0.2, -0.15) is 0 Å². The van der Waals surface area contributed by atoms with Gasteiger partial charge >= 0.3 is 0 Å². The van der Waals surface area contributed by atoms with Crippen LogP contribution in [0.1, 0.15) is 40.5 Å². The zero-order valence-corrected chi connectivity index (χ0v) is 13.1. The van der Waals surface area contributed by atoms with E-state index in [0.717, 1.165) is 45.1 Å². The molecule has 0 spiro atoms. The van der Waals surface area contributed by atoms with Crippen LogP contribution in [0.15, 0.2) is 0 Å². The van der Waals surface area contributed by atoms with Crippen molar-refractivity contribution in [3.8, 4) is 0 Å². The predicted octanol–water partition coefficient (Wildman–Crippen LogP) is 1.55. The van der Waals surface area contributed by atoms with Crippen LogP contribution in [0.25, 0.3) is 0 Å². The Morgan fingerprint density at radius 3 is 2.21 bits per heavy atom. The average molecular weight is 269 g/mol. The maximum atomic E-state index is 12.3. The third kappa shape index (κ3) is 5.11. The molecule has 1 saturated heterocycles. The number of carbonyl (C=O) groups is 1. The van der Waals surface area contributed by atoms with Gasteiger partial charge in [-0.3, -0.25) is 9.69 Å². The second kappa shape index (κ2) is 7.85. The number of rotatable bonds is 6. The number of nitrogens with zero attached hydrogens (tertiary/aromatic N) is 2. The highest BCUT2D eigenvalue weighted by Crippen LogP contribution is 2.11. The first-order valence-corrected chi connectivity index (χ1v) is 7.72. The van der Waals surface area contributed by atoms with Crippen LogP contribution in [-0.4, -0.2) is 54.5 Å². The van der Waals surface area contributed by atoms with E-state index in [0.29, 0.717) is 0 Å². The molecule has 0 saturated carbocycles. The summed E-state index contributed by atoms with van der Waals surface area (Å²) in [4.78, 5) is 16.7. The van der Waals surface area contributed by atoms with Crippen LogP contribution in [0, 0.1) is 11.8 Å². The number of hydrogen-bond acceptors (Lipinski definition) is 3. The van der Waals surface area contributed by atoms with E-state index in [4.69, 9.17) is 5.73 Å². The van der Waals surface area contributed by atoms with Crippen molar-refractivity contribution in [3.63, 3.8) is 0 Å². The molecule has 1 aliphatic rings. The maximum absolute atomic E-state index is 12.3. The second-order valence-electron chi connectivity index (χ2n) is 6.26. The molecule has 0 aliphatic carbocycles. The second-order valence-corrected chi connectivity index (χ2v) is 6.26. The van der Waals surface area contributed by atoms with Crippen molar-refractivity contribution in [2.24, 2.45) is 17.6 Å². The Morgan fingerprint density at radius 2 is 1.74 bits per heavy atom. The van der Waals surface area contributed by atoms with E-state index in [-0.39, 0.29) is 17.9 Å². The summed E-state index contributed by atoms with van der Waals surface area (Å²) in [6.45, 7) is 13.5. The first-order valence-electron chi connectivity index (χ1n) is 7.72. The highest BCUT2D eigenvalue weighted by molar-refractivity contribution is 5.82. The number of hydrogen-bond donors (Lipinski definition) is 1. The lowest BCUT2D eigenvalue weighted by Gasteiger charge is -2.36. The summed E-state index contributed by atoms with van der Waals surface area (Å²) in [5, 5.41) is 0. The van der Waals surface area contributed by atoms with Gasteiger partial charge in [0.15, 0.2) is 0 Å². The fraction of sp³-hybridized carbons (Fsp3) is 0.933. The Morgan fingerprint density at radius 1 is 1.16 bits per heavy atom. The molecule has 0 aromatic rings. The summed E-state index contributed by atoms with van der Waals surface area (Å²) in [7, 11) is 0. The van der Waals surface area contributed by atoms with E-state index in [1.54, 1.807) is 0 Å². The SMILES string of the molecule is CCC(C)[C@H](N)C(=O)N1CCN(CCC(C)C)CC1. The van der Waals surface area contributed by atoms with Crippen LogP contribution in [0.4, 0.5) is 0 Å². The largest absolute Gasteiger partial charge is 0.339 e. The van der Waals surface area contributed by atoms with E-state index < -0.39 is 0 Å². The third-order valence-corrected chi connectivity index (χ3v) is 4.25. The van der Waals surface area contributed by atoms with Gasteiger partial charge < -0.3 is 10.6 Å². The maximum Gasteiger partial charge on any atom is 0.239 e. The van der Waals surface area contributed by atoms with E-state index in [1.807, 2.05) is 4.90 Å². The van der Waals surface area contributed by atoms with Gasteiger partial charge in [-0.25, -0.2) is 0 Å². The minimum atomic E-state index is -0.327. The van der Waals surface area contributed by atoms with Crippen molar-refractivity contribution >= 4 is 5.91 Å². The van der Waals surface area contributed by atoms with Crippen LogP contribution in [0.2, 0.25) is 0 Å². The first-order chi connectivity index (χ1) is 8.95. The molecule has 2 N–H and O–H groups in total. The van der Waals surface area contributed by atoms with Crippen LogP contribution >= 0.6 is 0 Å². The lowest BCUT2D eigenvalue weighted by Crippen LogP contribution is -2.54. The zero-order chi connectivity index (χ0) is 14.4. The average Bonchev–Trinajstić information content (AvgIpc) is 2.43. The van der Waals surface area contributed by atoms with Gasteiger partial charge in [-0.1, -0.05) is 34.1 Å². The number of piperazine rings is 1. The van der Waals surface area contributed by atoms with E-state index >= 15 is 0 Å². The molecule has 2 atom stereocenters. The summed E-state index contributed by atoms with van der Waals surface area (Å²) in [5.74, 6) is 1.16. The van der Waals surface area contributed by atoms with E-state index in [1.165, 1.54) is 6.42 Å². The smallest absolute Gasteiger partial charge is 0.239 e. The fourth-order valence-corrected chi connectivity index (χ4v) is 2.34. The molecule has 4 heteroatoms. The standard InChI is InChI=1S/C15H31N3O/c1-5-13(4)14(16)15(19)18-10-8-17(9-11-18)7-6-12(2)3/h12-14H,5-11,16H2,1-4H3/t13?,14-/m0/s1. The van der Waals surface area contributed by atoms with Crippen molar-refractivity contribution in [2.45, 2.75) is 46.6 Å². The minimum Gasteiger partial charge on any atom is -0.339 e. The molecule has 1 unspecified atom stereocenters. The van der Waals surface area contributed by atoms with Crippen molar-refractivity contribution in [1.29, 1.82) is 0 Å². The molecule has 19 heavy (non-hydrogen) atoms. The Hall–Kier alpha value is -0.610. The van der Waals surface area contributed by atoms with E-state index in [9.17, 15) is 4.79 Å². The highest BCUT2D eigenvalue weighted by atomic mass is 16.2. The molecule has 1 amide bonds. The Labute approximate surface area is 118 Å². The summed E-state index contributed by atoms with van der Waals surface area (Å²) < 4.78 is 0. The molecule has 112 valence electrons. The van der Waals surface area contributed by atoms with E-state index in [2.05, 4.69) is 32.6 Å². The Balaban J connectivity index is 2.35. The van der Waals surface area contributed by atoms with Gasteiger partial charge in [0.2, 0.25) is 5.91 Å². The van der Waals surface area contributed by atoms with Crippen LogP contribution in [0.5, 0.6) is 0 Å². The number of carbonyl (C=O) groups excluding carboxylic acids is 1. The van der Waals surface area contributed by atoms with Crippen LogP contribution < -0.4 is 5.73 Å². The zero-order valence-electron chi connectivity index (χ0n) is 13.1. The van der Waals surface area contributed by atoms with Gasteiger partial charge in [0, 0.05) is 26.2 Å². The summed E-state index contributed by atoms with van der Waals surface area (Å²) in [6.07, 6.45) is 2.20. The predicted molar refractivity (Wildman–Crippen MR) is 79.9 cm³/mol. The molecule has 1 fully saturated rings. The summed E-state index contributed by atoms with van der Waals surface area (Å²) >= 11 is 0. The molecule has 1 aliphatic heterocycles. The van der Waals surface area contributed by atoms with Crippen molar-refractivity contribution < 1.29 is 4.79 Å². The molecule has 4 nitrogen and oxygen atoms in total. The lowest BCUT2D eigenvalue weighted by atomic mass is 9.98. The molecule has 0 bridgehead atoms. The van der Waals surface area contributed by atoms with Crippen molar-refractivity contribution in [3.05, 3.63) is 0 Å². The highest BCUT2D eigenvalue weighted by Gasteiger charge is 2.27. The molecule has 0 radical (unpaired) electrons. The van der Waals surface area contributed by atoms with Crippen molar-refractivity contribution in [1.82, 2.24) is 9.80 Å². The van der Waals surface area contributed by atoms with Gasteiger partial charge in [-0.15, -0.1) is 0 Å². The minimum absolute atomic E-state index is 0.137. The fourth-order valence-electron chi connectivity index (χ4n) is 2.34. The first kappa shape index (κ1) is 16.4. The molecular formula is C15H31N3O. The molecule has 0 aromatic carbocycles. The van der Waals surface area contributed by atoms with Gasteiger partial charge in [0.1, 0.15) is 0 Å². The van der Waals surface area contributed by atoms with Crippen LogP contribution in [-0.2, 0) is 4.79 Å². The lowest BCUT2D eigenvalue weighted by molar-refractivity contribution is -0.135. The third-order valence-electron chi connectivity index (χ3n) is 4.25. The van der Waals surface area contributed by atoms with Crippen molar-refractivity contribution in [2.75, 3.05) is 32.7 Å². The van der Waals surface area contributed by atoms with Gasteiger partial charge in [0.05, 0.1) is 6.04 Å². The number of nitrogens with two attached hydrogens (primary N) is 1. The quantitative estimate of drug-likeness (QED) is 0.796. The molecule has 1 heterocycles. The Bertz CT molecular complexity index is 273. The summed E-state index contributed by atoms with van der Waals surface area (Å²) in [5.41, 5.74) is 6.03. The monoisotopic (exact) mass is 269 g/mol. The van der Waals surface area contributed by atoms with Gasteiger partial charge in [0.25, 0.3) is 0 Å². The van der Waals surface area contributed by atoms with Gasteiger partial charge in [-0.05, 0) is 24.8 Å². The normalized spacial score (nSPS) is 20.6. The molecule has 1 rings (SSSR count). The molecule has 0 aromatic heterocycles. The topological polar surface area (TPSA) is 49.6 Å². The Kier molecular flexibility index (Phi) is 6.80. The van der Waals surface area contributed by atoms with Crippen LogP contribution in [0.3, 0.4) is 0 Å². The number of amides is 1. The summed E-state index contributed by atoms with van der Waals surface area (Å²) in [6, 6.07) is -0.327. The molecular weight excluding hydrogens is 238 g/mol.